The van der Waals surface area contributed by atoms with Gasteiger partial charge in [-0.2, -0.15) is 0 Å². The van der Waals surface area contributed by atoms with Gasteiger partial charge in [-0.1, -0.05) is 83.3 Å². The Bertz CT molecular complexity index is 937. The van der Waals surface area contributed by atoms with Gasteiger partial charge in [-0.3, -0.25) is 19.6 Å². The van der Waals surface area contributed by atoms with E-state index in [4.69, 9.17) is 0 Å². The number of nitrogens with zero attached hydrogens (tertiary/aromatic N) is 3. The zero-order valence-corrected chi connectivity index (χ0v) is 21.8. The minimum absolute atomic E-state index is 0.0370. The molecule has 1 aliphatic rings. The van der Waals surface area contributed by atoms with Crippen LogP contribution in [0.25, 0.3) is 12.2 Å². The van der Waals surface area contributed by atoms with E-state index in [1.165, 1.54) is 57.8 Å². The Labute approximate surface area is 216 Å². The molecule has 0 unspecified atom stereocenters. The minimum atomic E-state index is -0.0370. The SMILES string of the molecule is CCCCCCCCCCCCCC(=O)N1C/C(=C\c2ccccn2)C(=O)/C(=C/c2ccccn2)C1. The molecule has 0 aromatic carbocycles. The molecule has 0 radical (unpaired) electrons. The zero-order chi connectivity index (χ0) is 25.4. The largest absolute Gasteiger partial charge is 0.334 e. The third-order valence-electron chi connectivity index (χ3n) is 6.67. The molecule has 1 saturated heterocycles. The van der Waals surface area contributed by atoms with Gasteiger partial charge in [0.15, 0.2) is 5.78 Å². The topological polar surface area (TPSA) is 63.2 Å². The van der Waals surface area contributed by atoms with E-state index < -0.39 is 0 Å². The first-order chi connectivity index (χ1) is 17.7. The summed E-state index contributed by atoms with van der Waals surface area (Å²) in [6.45, 7) is 2.91. The lowest BCUT2D eigenvalue weighted by Crippen LogP contribution is -2.41. The van der Waals surface area contributed by atoms with Gasteiger partial charge in [-0.05, 0) is 42.8 Å². The maximum absolute atomic E-state index is 13.2. The maximum Gasteiger partial charge on any atom is 0.223 e. The van der Waals surface area contributed by atoms with E-state index in [9.17, 15) is 9.59 Å². The number of likely N-dealkylation sites (tertiary alicyclic amines) is 1. The summed E-state index contributed by atoms with van der Waals surface area (Å²) in [5.41, 5.74) is 2.62. The number of pyridine rings is 2. The Morgan fingerprint density at radius 3 is 1.67 bits per heavy atom. The van der Waals surface area contributed by atoms with Crippen LogP contribution < -0.4 is 0 Å². The lowest BCUT2D eigenvalue weighted by molar-refractivity contribution is -0.131. The van der Waals surface area contributed by atoms with Crippen molar-refractivity contribution in [1.82, 2.24) is 14.9 Å². The fraction of sp³-hybridized carbons (Fsp3) is 0.484. The van der Waals surface area contributed by atoms with Crippen LogP contribution in [0.4, 0.5) is 0 Å². The molecule has 192 valence electrons. The Morgan fingerprint density at radius 1 is 0.750 bits per heavy atom. The summed E-state index contributed by atoms with van der Waals surface area (Å²) >= 11 is 0. The summed E-state index contributed by atoms with van der Waals surface area (Å²) in [6.07, 6.45) is 21.4. The molecule has 5 nitrogen and oxygen atoms in total. The summed E-state index contributed by atoms with van der Waals surface area (Å²) in [5.74, 6) is 0.0716. The van der Waals surface area contributed by atoms with Crippen molar-refractivity contribution < 1.29 is 9.59 Å². The lowest BCUT2D eigenvalue weighted by atomic mass is 9.95. The van der Waals surface area contributed by atoms with Crippen LogP contribution in [0.15, 0.2) is 59.9 Å². The van der Waals surface area contributed by atoms with Crippen LogP contribution in [0.2, 0.25) is 0 Å². The number of Topliss-reactive ketones (excluding diaryl/α,β-unsaturated/α-hetero) is 1. The molecule has 1 fully saturated rings. The summed E-state index contributed by atoms with van der Waals surface area (Å²) in [7, 11) is 0. The van der Waals surface area contributed by atoms with E-state index in [-0.39, 0.29) is 11.7 Å². The van der Waals surface area contributed by atoms with Gasteiger partial charge in [0, 0.05) is 43.1 Å². The molecule has 2 aromatic heterocycles. The summed E-state index contributed by atoms with van der Waals surface area (Å²) in [6, 6.07) is 11.2. The van der Waals surface area contributed by atoms with Gasteiger partial charge in [0.05, 0.1) is 11.4 Å². The van der Waals surface area contributed by atoms with Gasteiger partial charge in [-0.25, -0.2) is 0 Å². The molecule has 36 heavy (non-hydrogen) atoms. The molecule has 0 spiro atoms. The highest BCUT2D eigenvalue weighted by molar-refractivity contribution is 6.15. The highest BCUT2D eigenvalue weighted by atomic mass is 16.2. The second kappa shape index (κ2) is 15.8. The maximum atomic E-state index is 13.2. The number of rotatable bonds is 14. The van der Waals surface area contributed by atoms with E-state index in [0.717, 1.165) is 24.2 Å². The molecule has 3 rings (SSSR count). The van der Waals surface area contributed by atoms with E-state index in [2.05, 4.69) is 16.9 Å². The highest BCUT2D eigenvalue weighted by Gasteiger charge is 2.29. The van der Waals surface area contributed by atoms with Gasteiger partial charge < -0.3 is 4.90 Å². The average Bonchev–Trinajstić information content (AvgIpc) is 2.90. The second-order valence-electron chi connectivity index (χ2n) is 9.71. The van der Waals surface area contributed by atoms with Crippen molar-refractivity contribution >= 4 is 23.8 Å². The van der Waals surface area contributed by atoms with Crippen molar-refractivity contribution in [1.29, 1.82) is 0 Å². The second-order valence-corrected chi connectivity index (χ2v) is 9.71. The normalized spacial score (nSPS) is 16.1. The van der Waals surface area contributed by atoms with Crippen molar-refractivity contribution in [3.63, 3.8) is 0 Å². The first-order valence-corrected chi connectivity index (χ1v) is 13.7. The molecule has 5 heteroatoms. The molecule has 0 N–H and O–H groups in total. The predicted molar refractivity (Wildman–Crippen MR) is 147 cm³/mol. The number of amides is 1. The fourth-order valence-electron chi connectivity index (χ4n) is 4.59. The Kier molecular flexibility index (Phi) is 12.1. The molecule has 0 saturated carbocycles. The van der Waals surface area contributed by atoms with Crippen molar-refractivity contribution in [3.05, 3.63) is 71.3 Å². The van der Waals surface area contributed by atoms with Crippen molar-refractivity contribution in [2.75, 3.05) is 13.1 Å². The quantitative estimate of drug-likeness (QED) is 0.211. The number of carbonyl (C=O) groups excluding carboxylic acids is 2. The van der Waals surface area contributed by atoms with Gasteiger partial charge in [0.25, 0.3) is 0 Å². The number of hydrogen-bond donors (Lipinski definition) is 0. The minimum Gasteiger partial charge on any atom is -0.334 e. The molecule has 2 aromatic rings. The molecule has 1 amide bonds. The molecule has 1 aliphatic heterocycles. The Morgan fingerprint density at radius 2 is 1.22 bits per heavy atom. The predicted octanol–water partition coefficient (Wildman–Crippen LogP) is 7.06. The molecule has 0 bridgehead atoms. The smallest absolute Gasteiger partial charge is 0.223 e. The highest BCUT2D eigenvalue weighted by Crippen LogP contribution is 2.22. The van der Waals surface area contributed by atoms with E-state index in [0.29, 0.717) is 30.7 Å². The first-order valence-electron chi connectivity index (χ1n) is 13.7. The van der Waals surface area contributed by atoms with Crippen LogP contribution in [0, 0.1) is 0 Å². The number of piperidine rings is 1. The first kappa shape index (κ1) is 27.5. The molecular weight excluding hydrogens is 446 g/mol. The molecular formula is C31H41N3O2. The number of aromatic nitrogens is 2. The van der Waals surface area contributed by atoms with Gasteiger partial charge >= 0.3 is 0 Å². The van der Waals surface area contributed by atoms with Gasteiger partial charge in [-0.15, -0.1) is 0 Å². The molecule has 0 aliphatic carbocycles. The number of hydrogen-bond acceptors (Lipinski definition) is 4. The third-order valence-corrected chi connectivity index (χ3v) is 6.67. The Hall–Kier alpha value is -3.08. The average molecular weight is 488 g/mol. The van der Waals surface area contributed by atoms with Crippen LogP contribution in [-0.4, -0.2) is 39.6 Å². The summed E-state index contributed by atoms with van der Waals surface area (Å²) in [4.78, 5) is 36.8. The van der Waals surface area contributed by atoms with Crippen LogP contribution in [0.3, 0.4) is 0 Å². The lowest BCUT2D eigenvalue weighted by Gasteiger charge is -2.30. The van der Waals surface area contributed by atoms with E-state index in [1.54, 1.807) is 29.4 Å². The van der Waals surface area contributed by atoms with Crippen molar-refractivity contribution in [3.8, 4) is 0 Å². The van der Waals surface area contributed by atoms with Crippen LogP contribution >= 0.6 is 0 Å². The summed E-state index contributed by atoms with van der Waals surface area (Å²) in [5, 5.41) is 0. The van der Waals surface area contributed by atoms with Crippen LogP contribution in [0.5, 0.6) is 0 Å². The van der Waals surface area contributed by atoms with E-state index >= 15 is 0 Å². The van der Waals surface area contributed by atoms with Gasteiger partial charge in [0.1, 0.15) is 0 Å². The number of carbonyl (C=O) groups is 2. The van der Waals surface area contributed by atoms with Crippen molar-refractivity contribution in [2.24, 2.45) is 0 Å². The van der Waals surface area contributed by atoms with E-state index in [1.807, 2.05) is 36.4 Å². The Balaban J connectivity index is 1.52. The van der Waals surface area contributed by atoms with Gasteiger partial charge in [0.2, 0.25) is 5.91 Å². The standard InChI is InChI=1S/C31H41N3O2/c1-2-3-4-5-6-7-8-9-10-11-12-19-30(35)34-24-26(22-28-17-13-15-20-32-28)31(36)27(25-34)23-29-18-14-16-21-33-29/h13-18,20-23H,2-12,19,24-25H2,1H3/b26-22+,27-23+. The summed E-state index contributed by atoms with van der Waals surface area (Å²) < 4.78 is 0. The monoisotopic (exact) mass is 487 g/mol. The number of ketones is 1. The van der Waals surface area contributed by atoms with Crippen LogP contribution in [0.1, 0.15) is 95.4 Å². The third kappa shape index (κ3) is 9.52. The molecule has 3 heterocycles. The zero-order valence-electron chi connectivity index (χ0n) is 21.8. The van der Waals surface area contributed by atoms with Crippen LogP contribution in [-0.2, 0) is 9.59 Å². The van der Waals surface area contributed by atoms with Crippen molar-refractivity contribution in [2.45, 2.75) is 84.0 Å². The number of unbranched alkanes of at least 4 members (excludes halogenated alkanes) is 10. The molecule has 0 atom stereocenters. The fourth-order valence-corrected chi connectivity index (χ4v) is 4.59.